The Morgan fingerprint density at radius 1 is 0.412 bits per heavy atom. The number of para-hydroxylation sites is 2. The minimum absolute atomic E-state index is 0.536. The van der Waals surface area contributed by atoms with E-state index in [0.717, 1.165) is 59.9 Å². The molecule has 4 aliphatic heterocycles. The normalized spacial score (nSPS) is 14.6. The first-order valence-corrected chi connectivity index (χ1v) is 11.8. The third-order valence-electron chi connectivity index (χ3n) is 6.07. The van der Waals surface area contributed by atoms with Crippen molar-refractivity contribution in [1.29, 1.82) is 0 Å². The summed E-state index contributed by atoms with van der Waals surface area (Å²) in [5.74, 6) is 1.84. The monoisotopic (exact) mass is 450 g/mol. The molecule has 4 nitrogen and oxygen atoms in total. The average molecular weight is 451 g/mol. The summed E-state index contributed by atoms with van der Waals surface area (Å²) in [6.45, 7) is 4.22. The van der Waals surface area contributed by atoms with E-state index in [4.69, 9.17) is 9.47 Å². The molecule has 0 spiro atoms. The van der Waals surface area contributed by atoms with Crippen LogP contribution in [0.3, 0.4) is 0 Å². The lowest BCUT2D eigenvalue weighted by Crippen LogP contribution is -2.15. The van der Waals surface area contributed by atoms with Gasteiger partial charge in [0.15, 0.2) is 0 Å². The number of nitrogens with one attached hydrogen (secondary N) is 2. The van der Waals surface area contributed by atoms with Gasteiger partial charge in [-0.1, -0.05) is 84.9 Å². The molecule has 0 unspecified atom stereocenters. The van der Waals surface area contributed by atoms with Gasteiger partial charge in [-0.2, -0.15) is 0 Å². The minimum atomic E-state index is 0.536. The summed E-state index contributed by atoms with van der Waals surface area (Å²) in [6.07, 6.45) is 0. The smallest absolute Gasteiger partial charge is 0.124 e. The van der Waals surface area contributed by atoms with Crippen LogP contribution in [0.4, 0.5) is 0 Å². The van der Waals surface area contributed by atoms with Crippen LogP contribution in [0.15, 0.2) is 97.1 Å². The Morgan fingerprint density at radius 3 is 1.24 bits per heavy atom. The van der Waals surface area contributed by atoms with E-state index in [0.29, 0.717) is 13.2 Å². The van der Waals surface area contributed by atoms with Crippen molar-refractivity contribution in [2.75, 3.05) is 0 Å². The Balaban J connectivity index is 1.36. The first-order chi connectivity index (χ1) is 16.8. The van der Waals surface area contributed by atoms with Crippen LogP contribution < -0.4 is 20.1 Å². The molecule has 0 radical (unpaired) electrons. The lowest BCUT2D eigenvalue weighted by atomic mass is 10.1. The van der Waals surface area contributed by atoms with E-state index in [2.05, 4.69) is 83.4 Å². The first-order valence-electron chi connectivity index (χ1n) is 11.8. The van der Waals surface area contributed by atoms with E-state index in [1.54, 1.807) is 0 Å². The van der Waals surface area contributed by atoms with Crippen molar-refractivity contribution in [3.05, 3.63) is 130 Å². The predicted molar refractivity (Wildman–Crippen MR) is 136 cm³/mol. The average Bonchev–Trinajstić information content (AvgIpc) is 2.89. The van der Waals surface area contributed by atoms with Gasteiger partial charge in [0.05, 0.1) is 0 Å². The summed E-state index contributed by atoms with van der Waals surface area (Å²) in [5, 5.41) is 7.10. The molecule has 0 aromatic heterocycles. The topological polar surface area (TPSA) is 42.5 Å². The molecule has 4 aliphatic rings. The van der Waals surface area contributed by atoms with Crippen LogP contribution in [0.25, 0.3) is 0 Å². The summed E-state index contributed by atoms with van der Waals surface area (Å²) in [7, 11) is 0. The van der Waals surface area contributed by atoms with Crippen LogP contribution in [0.5, 0.6) is 11.5 Å². The SMILES string of the molecule is c1ccc2c(c1)CNCc1ccc(cc1)CNCc1ccccc1OCc1ccc(cc1)CO2. The molecule has 0 aliphatic carbocycles. The highest BCUT2D eigenvalue weighted by Crippen LogP contribution is 2.22. The second-order valence-corrected chi connectivity index (χ2v) is 8.63. The lowest BCUT2D eigenvalue weighted by molar-refractivity contribution is 0.298. The van der Waals surface area contributed by atoms with Gasteiger partial charge in [0.25, 0.3) is 0 Å². The number of ether oxygens (including phenoxy) is 2. The summed E-state index contributed by atoms with van der Waals surface area (Å²) in [4.78, 5) is 0. The molecule has 4 aromatic carbocycles. The zero-order valence-corrected chi connectivity index (χ0v) is 19.3. The van der Waals surface area contributed by atoms with Gasteiger partial charge in [0, 0.05) is 37.3 Å². The molecule has 4 bridgehead atoms. The minimum Gasteiger partial charge on any atom is -0.489 e. The standard InChI is InChI=1S/C30H30N2O2/c1-3-7-29-27(5-1)19-31-17-23-9-11-24(12-10-23)18-32-20-28-6-2-4-8-30(28)34-22-26-15-13-25(14-16-26)21-33-29/h1-16,31-32H,17-22H2. The first kappa shape index (κ1) is 22.2. The van der Waals surface area contributed by atoms with Gasteiger partial charge >= 0.3 is 0 Å². The molecular weight excluding hydrogens is 420 g/mol. The maximum absolute atomic E-state index is 6.17. The molecule has 8 rings (SSSR count). The molecule has 4 aromatic rings. The highest BCUT2D eigenvalue weighted by atomic mass is 16.5. The maximum Gasteiger partial charge on any atom is 0.124 e. The fourth-order valence-electron chi connectivity index (χ4n) is 4.09. The summed E-state index contributed by atoms with van der Waals surface area (Å²) >= 11 is 0. The summed E-state index contributed by atoms with van der Waals surface area (Å²) in [5.41, 5.74) is 7.13. The van der Waals surface area contributed by atoms with Crippen molar-refractivity contribution >= 4 is 0 Å². The second-order valence-electron chi connectivity index (χ2n) is 8.63. The lowest BCUT2D eigenvalue weighted by Gasteiger charge is -2.14. The van der Waals surface area contributed by atoms with Crippen LogP contribution in [0.2, 0.25) is 0 Å². The van der Waals surface area contributed by atoms with E-state index in [-0.39, 0.29) is 0 Å². The molecule has 172 valence electrons. The third-order valence-corrected chi connectivity index (χ3v) is 6.07. The van der Waals surface area contributed by atoms with Crippen molar-refractivity contribution in [3.63, 3.8) is 0 Å². The van der Waals surface area contributed by atoms with Crippen molar-refractivity contribution in [2.45, 2.75) is 39.4 Å². The maximum atomic E-state index is 6.17. The highest BCUT2D eigenvalue weighted by molar-refractivity contribution is 5.35. The summed E-state index contributed by atoms with van der Waals surface area (Å²) < 4.78 is 12.3. The van der Waals surface area contributed by atoms with Gasteiger partial charge in [-0.25, -0.2) is 0 Å². The van der Waals surface area contributed by atoms with E-state index < -0.39 is 0 Å². The predicted octanol–water partition coefficient (Wildman–Crippen LogP) is 5.74. The van der Waals surface area contributed by atoms with Crippen LogP contribution in [0, 0.1) is 0 Å². The van der Waals surface area contributed by atoms with E-state index >= 15 is 0 Å². The molecule has 0 saturated carbocycles. The second kappa shape index (κ2) is 11.0. The Labute approximate surface area is 201 Å². The van der Waals surface area contributed by atoms with Gasteiger partial charge < -0.3 is 20.1 Å². The van der Waals surface area contributed by atoms with Crippen LogP contribution in [-0.2, 0) is 39.4 Å². The molecule has 34 heavy (non-hydrogen) atoms. The molecule has 0 saturated heterocycles. The van der Waals surface area contributed by atoms with Gasteiger partial charge in [-0.15, -0.1) is 0 Å². The molecule has 0 amide bonds. The Morgan fingerprint density at radius 2 is 0.794 bits per heavy atom. The molecule has 4 heterocycles. The Bertz CT molecular complexity index is 1110. The van der Waals surface area contributed by atoms with Crippen molar-refractivity contribution in [3.8, 4) is 11.5 Å². The van der Waals surface area contributed by atoms with Crippen molar-refractivity contribution in [1.82, 2.24) is 10.6 Å². The largest absolute Gasteiger partial charge is 0.489 e. The molecule has 0 atom stereocenters. The highest BCUT2D eigenvalue weighted by Gasteiger charge is 2.07. The molecule has 0 fully saturated rings. The zero-order valence-electron chi connectivity index (χ0n) is 19.3. The van der Waals surface area contributed by atoms with Gasteiger partial charge in [0.2, 0.25) is 0 Å². The number of rotatable bonds is 0. The van der Waals surface area contributed by atoms with Crippen molar-refractivity contribution < 1.29 is 9.47 Å². The third kappa shape index (κ3) is 5.84. The number of benzene rings is 4. The fraction of sp³-hybridized carbons (Fsp3) is 0.200. The molecular formula is C30H30N2O2. The Kier molecular flexibility index (Phi) is 7.19. The van der Waals surface area contributed by atoms with Crippen LogP contribution in [0.1, 0.15) is 33.4 Å². The molecule has 2 N–H and O–H groups in total. The van der Waals surface area contributed by atoms with Crippen LogP contribution in [-0.4, -0.2) is 0 Å². The quantitative estimate of drug-likeness (QED) is 0.359. The van der Waals surface area contributed by atoms with Crippen molar-refractivity contribution in [2.24, 2.45) is 0 Å². The zero-order chi connectivity index (χ0) is 23.0. The van der Waals surface area contributed by atoms with E-state index in [9.17, 15) is 0 Å². The van der Waals surface area contributed by atoms with Gasteiger partial charge in [0.1, 0.15) is 24.7 Å². The van der Waals surface area contributed by atoms with Gasteiger partial charge in [-0.05, 0) is 34.4 Å². The molecule has 4 heteroatoms. The number of hydrogen-bond acceptors (Lipinski definition) is 4. The van der Waals surface area contributed by atoms with Crippen LogP contribution >= 0.6 is 0 Å². The number of hydrogen-bond donors (Lipinski definition) is 2. The van der Waals surface area contributed by atoms with E-state index in [1.165, 1.54) is 11.1 Å². The van der Waals surface area contributed by atoms with E-state index in [1.807, 2.05) is 24.3 Å². The Hall–Kier alpha value is -3.60. The van der Waals surface area contributed by atoms with Gasteiger partial charge in [-0.3, -0.25) is 0 Å². The summed E-state index contributed by atoms with van der Waals surface area (Å²) in [6, 6.07) is 33.7. The fourth-order valence-corrected chi connectivity index (χ4v) is 4.09.